The summed E-state index contributed by atoms with van der Waals surface area (Å²) in [5.41, 5.74) is 0.999. The van der Waals surface area contributed by atoms with E-state index in [2.05, 4.69) is 15.3 Å². The molecule has 0 atom stereocenters. The number of nitrogens with zero attached hydrogens (tertiary/aromatic N) is 4. The van der Waals surface area contributed by atoms with E-state index in [0.717, 1.165) is 10.4 Å². The first-order valence-corrected chi connectivity index (χ1v) is 12.1. The molecule has 35 heavy (non-hydrogen) atoms. The highest BCUT2D eigenvalue weighted by atomic mass is 32.1. The normalized spacial score (nSPS) is 11.9. The summed E-state index contributed by atoms with van der Waals surface area (Å²) >= 11 is 1.29. The Hall–Kier alpha value is -3.50. The molecule has 10 heteroatoms. The average molecular weight is 496 g/mol. The molecule has 0 saturated heterocycles. The van der Waals surface area contributed by atoms with Crippen molar-refractivity contribution in [3.8, 4) is 10.6 Å². The Labute approximate surface area is 207 Å². The molecule has 0 fully saturated rings. The Morgan fingerprint density at radius 3 is 2.63 bits per heavy atom. The van der Waals surface area contributed by atoms with E-state index >= 15 is 0 Å². The molecule has 3 heterocycles. The number of amides is 2. The van der Waals surface area contributed by atoms with Gasteiger partial charge in [-0.15, -0.1) is 11.3 Å². The molecule has 0 spiro atoms. The van der Waals surface area contributed by atoms with Gasteiger partial charge in [0, 0.05) is 25.6 Å². The number of aromatic nitrogens is 3. The van der Waals surface area contributed by atoms with E-state index in [1.165, 1.54) is 11.3 Å². The van der Waals surface area contributed by atoms with Crippen LogP contribution in [0, 0.1) is 12.8 Å². The monoisotopic (exact) mass is 495 g/mol. The number of imidazole rings is 1. The van der Waals surface area contributed by atoms with Gasteiger partial charge in [0.1, 0.15) is 0 Å². The number of hydrogen-bond acceptors (Lipinski definition) is 7. The SMILES string of the molecule is Cc1ncc(-c2ccc(C(=O)Nc3nc4cc(N(C)C(=O)C(C)C)ccc4n3CC(C)(C)O)s2)o1. The molecule has 4 aromatic rings. The molecule has 0 radical (unpaired) electrons. The molecular weight excluding hydrogens is 466 g/mol. The predicted octanol–water partition coefficient (Wildman–Crippen LogP) is 4.70. The van der Waals surface area contributed by atoms with Crippen LogP contribution in [0.25, 0.3) is 21.7 Å². The largest absolute Gasteiger partial charge is 0.440 e. The van der Waals surface area contributed by atoms with Crippen molar-refractivity contribution < 1.29 is 19.1 Å². The first-order valence-electron chi connectivity index (χ1n) is 11.3. The molecule has 9 nitrogen and oxygen atoms in total. The van der Waals surface area contributed by atoms with E-state index in [1.54, 1.807) is 49.5 Å². The first kappa shape index (κ1) is 24.6. The number of carbonyl (C=O) groups excluding carboxylic acids is 2. The van der Waals surface area contributed by atoms with Gasteiger partial charge in [-0.1, -0.05) is 13.8 Å². The van der Waals surface area contributed by atoms with Crippen molar-refractivity contribution in [3.05, 3.63) is 47.3 Å². The van der Waals surface area contributed by atoms with E-state index in [-0.39, 0.29) is 24.3 Å². The third-order valence-electron chi connectivity index (χ3n) is 5.41. The number of thiophene rings is 1. The van der Waals surface area contributed by atoms with Crippen LogP contribution in [0.1, 0.15) is 43.3 Å². The van der Waals surface area contributed by atoms with Crippen molar-refractivity contribution in [1.82, 2.24) is 14.5 Å². The molecule has 0 aliphatic heterocycles. The summed E-state index contributed by atoms with van der Waals surface area (Å²) in [6.07, 6.45) is 1.63. The number of fused-ring (bicyclic) bond motifs is 1. The number of aliphatic hydroxyl groups is 1. The van der Waals surface area contributed by atoms with Gasteiger partial charge in [0.05, 0.1) is 39.1 Å². The molecule has 2 N–H and O–H groups in total. The van der Waals surface area contributed by atoms with Crippen LogP contribution in [0.15, 0.2) is 40.9 Å². The van der Waals surface area contributed by atoms with Crippen LogP contribution in [-0.4, -0.2) is 44.1 Å². The number of carbonyl (C=O) groups is 2. The molecule has 4 rings (SSSR count). The number of rotatable bonds is 7. The zero-order valence-corrected chi connectivity index (χ0v) is 21.4. The van der Waals surface area contributed by atoms with Gasteiger partial charge < -0.3 is 19.0 Å². The number of hydrogen-bond donors (Lipinski definition) is 2. The standard InChI is InChI=1S/C25H29N5O4S/c1-14(2)23(32)29(6)16-7-8-18-17(11-16)27-24(30(18)13-25(4,5)33)28-22(31)21-10-9-20(35-21)19-12-26-15(3)34-19/h7-12,14,33H,13H2,1-6H3,(H,27,28,31). The minimum Gasteiger partial charge on any atom is -0.440 e. The number of oxazole rings is 1. The Morgan fingerprint density at radius 2 is 2.00 bits per heavy atom. The first-order chi connectivity index (χ1) is 16.4. The maximum absolute atomic E-state index is 13.1. The van der Waals surface area contributed by atoms with Crippen molar-refractivity contribution in [2.45, 2.75) is 46.8 Å². The summed E-state index contributed by atoms with van der Waals surface area (Å²) in [4.78, 5) is 37.1. The Bertz CT molecular complexity index is 1390. The summed E-state index contributed by atoms with van der Waals surface area (Å²) in [6, 6.07) is 9.02. The van der Waals surface area contributed by atoms with Crippen LogP contribution in [0.5, 0.6) is 0 Å². The van der Waals surface area contributed by atoms with E-state index in [4.69, 9.17) is 4.42 Å². The van der Waals surface area contributed by atoms with Gasteiger partial charge in [-0.3, -0.25) is 14.9 Å². The fourth-order valence-corrected chi connectivity index (χ4v) is 4.56. The molecule has 0 aliphatic rings. The Kier molecular flexibility index (Phi) is 6.52. The van der Waals surface area contributed by atoms with E-state index in [1.807, 2.05) is 38.1 Å². The molecule has 0 saturated carbocycles. The van der Waals surface area contributed by atoms with Crippen LogP contribution in [-0.2, 0) is 11.3 Å². The van der Waals surface area contributed by atoms with Crippen LogP contribution in [0.2, 0.25) is 0 Å². The van der Waals surface area contributed by atoms with Crippen molar-refractivity contribution in [2.75, 3.05) is 17.3 Å². The van der Waals surface area contributed by atoms with E-state index < -0.39 is 5.60 Å². The van der Waals surface area contributed by atoms with Gasteiger partial charge >= 0.3 is 0 Å². The average Bonchev–Trinajstić information content (AvgIpc) is 3.50. The van der Waals surface area contributed by atoms with Gasteiger partial charge in [0.25, 0.3) is 5.91 Å². The Morgan fingerprint density at radius 1 is 1.26 bits per heavy atom. The highest BCUT2D eigenvalue weighted by Crippen LogP contribution is 2.30. The maximum atomic E-state index is 13.1. The van der Waals surface area contributed by atoms with E-state index in [0.29, 0.717) is 33.7 Å². The third-order valence-corrected chi connectivity index (χ3v) is 6.51. The number of anilines is 2. The van der Waals surface area contributed by atoms with Crippen LogP contribution >= 0.6 is 11.3 Å². The lowest BCUT2D eigenvalue weighted by Gasteiger charge is -2.21. The minimum absolute atomic E-state index is 0.00995. The molecule has 1 aromatic carbocycles. The molecule has 0 unspecified atom stereocenters. The molecule has 3 aromatic heterocycles. The summed E-state index contributed by atoms with van der Waals surface area (Å²) in [5.74, 6) is 0.997. The second-order valence-corrected chi connectivity index (χ2v) is 10.5. The number of aryl methyl sites for hydroxylation is 1. The second kappa shape index (κ2) is 9.27. The molecule has 2 amide bonds. The predicted molar refractivity (Wildman–Crippen MR) is 137 cm³/mol. The second-order valence-electron chi connectivity index (χ2n) is 9.42. The molecule has 0 bridgehead atoms. The van der Waals surface area contributed by atoms with Gasteiger partial charge in [0.15, 0.2) is 11.7 Å². The fraction of sp³-hybridized carbons (Fsp3) is 0.360. The van der Waals surface area contributed by atoms with Crippen LogP contribution < -0.4 is 10.2 Å². The zero-order chi connectivity index (χ0) is 25.5. The maximum Gasteiger partial charge on any atom is 0.268 e. The summed E-state index contributed by atoms with van der Waals surface area (Å²) in [7, 11) is 1.73. The molecule has 0 aliphatic carbocycles. The van der Waals surface area contributed by atoms with Gasteiger partial charge in [-0.25, -0.2) is 9.97 Å². The van der Waals surface area contributed by atoms with Crippen LogP contribution in [0.3, 0.4) is 0 Å². The zero-order valence-electron chi connectivity index (χ0n) is 20.6. The minimum atomic E-state index is -1.05. The Balaban J connectivity index is 1.67. The highest BCUT2D eigenvalue weighted by molar-refractivity contribution is 7.17. The van der Waals surface area contributed by atoms with Gasteiger partial charge in [-0.05, 0) is 44.2 Å². The van der Waals surface area contributed by atoms with Crippen molar-refractivity contribution >= 4 is 45.8 Å². The van der Waals surface area contributed by atoms with Gasteiger partial charge in [-0.2, -0.15) is 0 Å². The smallest absolute Gasteiger partial charge is 0.268 e. The molecular formula is C25H29N5O4S. The topological polar surface area (TPSA) is 113 Å². The number of nitrogens with one attached hydrogen (secondary N) is 1. The van der Waals surface area contributed by atoms with Crippen molar-refractivity contribution in [2.24, 2.45) is 5.92 Å². The lowest BCUT2D eigenvalue weighted by molar-refractivity contribution is -0.121. The lowest BCUT2D eigenvalue weighted by atomic mass is 10.1. The van der Waals surface area contributed by atoms with Crippen molar-refractivity contribution in [3.63, 3.8) is 0 Å². The summed E-state index contributed by atoms with van der Waals surface area (Å²) in [5, 5.41) is 13.4. The van der Waals surface area contributed by atoms with Gasteiger partial charge in [0.2, 0.25) is 11.9 Å². The quantitative estimate of drug-likeness (QED) is 0.384. The lowest BCUT2D eigenvalue weighted by Crippen LogP contribution is -2.30. The number of benzene rings is 1. The highest BCUT2D eigenvalue weighted by Gasteiger charge is 2.23. The van der Waals surface area contributed by atoms with Crippen LogP contribution in [0.4, 0.5) is 11.6 Å². The summed E-state index contributed by atoms with van der Waals surface area (Å²) in [6.45, 7) is 9.06. The molecule has 184 valence electrons. The van der Waals surface area contributed by atoms with Crippen molar-refractivity contribution in [1.29, 1.82) is 0 Å². The summed E-state index contributed by atoms with van der Waals surface area (Å²) < 4.78 is 7.33. The van der Waals surface area contributed by atoms with E-state index in [9.17, 15) is 14.7 Å². The third kappa shape index (κ3) is 5.28. The fourth-order valence-electron chi connectivity index (χ4n) is 3.71.